The number of hydrogen-bond acceptors (Lipinski definition) is 4. The van der Waals surface area contributed by atoms with Crippen LogP contribution in [-0.2, 0) is 4.79 Å². The molecule has 0 aliphatic carbocycles. The van der Waals surface area contributed by atoms with E-state index in [9.17, 15) is 4.79 Å². The molecule has 1 amide bonds. The lowest BCUT2D eigenvalue weighted by Gasteiger charge is -2.39. The Morgan fingerprint density at radius 3 is 2.74 bits per heavy atom. The average Bonchev–Trinajstić information content (AvgIpc) is 2.41. The summed E-state index contributed by atoms with van der Waals surface area (Å²) in [5.41, 5.74) is 0.782. The van der Waals surface area contributed by atoms with Gasteiger partial charge in [-0.1, -0.05) is 0 Å². The minimum atomic E-state index is -0.0822. The van der Waals surface area contributed by atoms with Gasteiger partial charge in [-0.2, -0.15) is 0 Å². The van der Waals surface area contributed by atoms with Crippen LogP contribution in [0.15, 0.2) is 18.2 Å². The molecule has 19 heavy (non-hydrogen) atoms. The highest BCUT2D eigenvalue weighted by atomic mass is 16.6. The fourth-order valence-electron chi connectivity index (χ4n) is 2.38. The molecule has 1 aromatic carbocycles. The molecule has 1 saturated heterocycles. The molecule has 3 rings (SSSR count). The molecule has 0 spiro atoms. The number of piperazine rings is 1. The summed E-state index contributed by atoms with van der Waals surface area (Å²) in [5.74, 6) is 1.54. The zero-order valence-electron chi connectivity index (χ0n) is 11.2. The minimum Gasteiger partial charge on any atom is -0.486 e. The van der Waals surface area contributed by atoms with Crippen LogP contribution < -0.4 is 19.7 Å². The van der Waals surface area contributed by atoms with E-state index in [2.05, 4.69) is 19.2 Å². The summed E-state index contributed by atoms with van der Waals surface area (Å²) < 4.78 is 11.1. The van der Waals surface area contributed by atoms with Crippen molar-refractivity contribution < 1.29 is 14.3 Å². The van der Waals surface area contributed by atoms with E-state index in [-0.39, 0.29) is 11.4 Å². The molecule has 2 aliphatic rings. The molecule has 0 unspecified atom stereocenters. The van der Waals surface area contributed by atoms with Crippen molar-refractivity contribution in [1.29, 1.82) is 0 Å². The highest BCUT2D eigenvalue weighted by Crippen LogP contribution is 2.34. The summed E-state index contributed by atoms with van der Waals surface area (Å²) >= 11 is 0. The molecular formula is C14H18N2O3. The second-order valence-electron chi connectivity index (χ2n) is 5.55. The van der Waals surface area contributed by atoms with Crippen molar-refractivity contribution >= 4 is 11.6 Å². The zero-order valence-corrected chi connectivity index (χ0v) is 11.2. The molecule has 2 aliphatic heterocycles. The average molecular weight is 262 g/mol. The lowest BCUT2D eigenvalue weighted by Crippen LogP contribution is -2.60. The maximum absolute atomic E-state index is 12.0. The van der Waals surface area contributed by atoms with Crippen molar-refractivity contribution in [2.75, 3.05) is 31.2 Å². The van der Waals surface area contributed by atoms with Gasteiger partial charge < -0.3 is 19.7 Å². The Kier molecular flexibility index (Phi) is 2.86. The number of benzene rings is 1. The molecule has 1 fully saturated rings. The third-order valence-corrected chi connectivity index (χ3v) is 3.41. The molecule has 5 nitrogen and oxygen atoms in total. The van der Waals surface area contributed by atoms with E-state index in [1.54, 1.807) is 4.90 Å². The number of amides is 1. The van der Waals surface area contributed by atoms with Crippen molar-refractivity contribution in [3.8, 4) is 11.5 Å². The van der Waals surface area contributed by atoms with Crippen LogP contribution in [0.3, 0.4) is 0 Å². The molecule has 102 valence electrons. The normalized spacial score (nSPS) is 21.4. The highest BCUT2D eigenvalue weighted by Gasteiger charge is 2.31. The van der Waals surface area contributed by atoms with Gasteiger partial charge in [0, 0.05) is 23.8 Å². The second-order valence-corrected chi connectivity index (χ2v) is 5.55. The second kappa shape index (κ2) is 4.42. The van der Waals surface area contributed by atoms with Gasteiger partial charge in [-0.25, -0.2) is 0 Å². The Hall–Kier alpha value is -1.75. The Balaban J connectivity index is 1.90. The fraction of sp³-hybridized carbons (Fsp3) is 0.500. The SMILES string of the molecule is CC1(C)CN(c2ccc3c(c2)OCCO3)C(=O)CN1. The van der Waals surface area contributed by atoms with E-state index in [0.29, 0.717) is 32.1 Å². The van der Waals surface area contributed by atoms with Gasteiger partial charge in [-0.15, -0.1) is 0 Å². The summed E-state index contributed by atoms with van der Waals surface area (Å²) in [5, 5.41) is 3.22. The van der Waals surface area contributed by atoms with Crippen LogP contribution in [0.5, 0.6) is 11.5 Å². The summed E-state index contributed by atoms with van der Waals surface area (Å²) in [6, 6.07) is 5.66. The third-order valence-electron chi connectivity index (χ3n) is 3.41. The Morgan fingerprint density at radius 2 is 1.95 bits per heavy atom. The van der Waals surface area contributed by atoms with E-state index >= 15 is 0 Å². The quantitative estimate of drug-likeness (QED) is 0.825. The molecule has 0 bridgehead atoms. The molecule has 2 heterocycles. The van der Waals surface area contributed by atoms with Gasteiger partial charge in [0.2, 0.25) is 5.91 Å². The number of rotatable bonds is 1. The molecule has 1 aromatic rings. The van der Waals surface area contributed by atoms with Gasteiger partial charge in [-0.3, -0.25) is 4.79 Å². The van der Waals surface area contributed by atoms with E-state index < -0.39 is 0 Å². The van der Waals surface area contributed by atoms with Crippen LogP contribution in [0.2, 0.25) is 0 Å². The summed E-state index contributed by atoms with van der Waals surface area (Å²) in [6.45, 7) is 6.31. The third kappa shape index (κ3) is 2.38. The summed E-state index contributed by atoms with van der Waals surface area (Å²) in [6.07, 6.45) is 0. The van der Waals surface area contributed by atoms with Crippen LogP contribution in [0.4, 0.5) is 5.69 Å². The van der Waals surface area contributed by atoms with E-state index in [1.165, 1.54) is 0 Å². The number of carbonyl (C=O) groups is 1. The van der Waals surface area contributed by atoms with Crippen molar-refractivity contribution in [2.24, 2.45) is 0 Å². The fourth-order valence-corrected chi connectivity index (χ4v) is 2.38. The number of fused-ring (bicyclic) bond motifs is 1. The van der Waals surface area contributed by atoms with Crippen molar-refractivity contribution in [3.63, 3.8) is 0 Å². The maximum atomic E-state index is 12.0. The Labute approximate surface area is 112 Å². The molecule has 0 atom stereocenters. The van der Waals surface area contributed by atoms with Gasteiger partial charge in [-0.05, 0) is 26.0 Å². The van der Waals surface area contributed by atoms with Crippen LogP contribution in [-0.4, -0.2) is 37.7 Å². The number of ether oxygens (including phenoxy) is 2. The van der Waals surface area contributed by atoms with E-state index in [0.717, 1.165) is 11.4 Å². The minimum absolute atomic E-state index is 0.0796. The standard InChI is InChI=1S/C14H18N2O3/c1-14(2)9-16(13(17)8-15-14)10-3-4-11-12(7-10)19-6-5-18-11/h3-4,7,15H,5-6,8-9H2,1-2H3. The van der Waals surface area contributed by atoms with Gasteiger partial charge in [0.25, 0.3) is 0 Å². The van der Waals surface area contributed by atoms with Crippen molar-refractivity contribution in [1.82, 2.24) is 5.32 Å². The van der Waals surface area contributed by atoms with Gasteiger partial charge in [0.05, 0.1) is 6.54 Å². The topological polar surface area (TPSA) is 50.8 Å². The van der Waals surface area contributed by atoms with Crippen LogP contribution in [0.25, 0.3) is 0 Å². The first-order valence-electron chi connectivity index (χ1n) is 6.50. The molecule has 5 heteroatoms. The largest absolute Gasteiger partial charge is 0.486 e. The molecule has 1 N–H and O–H groups in total. The number of nitrogens with one attached hydrogen (secondary N) is 1. The Morgan fingerprint density at radius 1 is 1.21 bits per heavy atom. The first-order chi connectivity index (χ1) is 9.05. The van der Waals surface area contributed by atoms with Gasteiger partial charge in [0.15, 0.2) is 11.5 Å². The predicted molar refractivity (Wildman–Crippen MR) is 71.9 cm³/mol. The summed E-state index contributed by atoms with van der Waals surface area (Å²) in [4.78, 5) is 13.8. The maximum Gasteiger partial charge on any atom is 0.241 e. The smallest absolute Gasteiger partial charge is 0.241 e. The molecule has 0 saturated carbocycles. The summed E-state index contributed by atoms with van der Waals surface area (Å²) in [7, 11) is 0. The number of carbonyl (C=O) groups excluding carboxylic acids is 1. The zero-order chi connectivity index (χ0) is 13.5. The molecule has 0 radical (unpaired) electrons. The first kappa shape index (κ1) is 12.3. The van der Waals surface area contributed by atoms with Gasteiger partial charge in [0.1, 0.15) is 13.2 Å². The molecular weight excluding hydrogens is 244 g/mol. The number of hydrogen-bond donors (Lipinski definition) is 1. The monoisotopic (exact) mass is 262 g/mol. The van der Waals surface area contributed by atoms with E-state index in [4.69, 9.17) is 9.47 Å². The van der Waals surface area contributed by atoms with Crippen LogP contribution >= 0.6 is 0 Å². The predicted octanol–water partition coefficient (Wildman–Crippen LogP) is 1.17. The van der Waals surface area contributed by atoms with Gasteiger partial charge >= 0.3 is 0 Å². The van der Waals surface area contributed by atoms with Crippen LogP contribution in [0, 0.1) is 0 Å². The number of nitrogens with zero attached hydrogens (tertiary/aromatic N) is 1. The molecule has 0 aromatic heterocycles. The van der Waals surface area contributed by atoms with Crippen molar-refractivity contribution in [2.45, 2.75) is 19.4 Å². The highest BCUT2D eigenvalue weighted by molar-refractivity contribution is 5.96. The van der Waals surface area contributed by atoms with Crippen molar-refractivity contribution in [3.05, 3.63) is 18.2 Å². The van der Waals surface area contributed by atoms with Crippen LogP contribution in [0.1, 0.15) is 13.8 Å². The lowest BCUT2D eigenvalue weighted by atomic mass is 10.0. The Bertz CT molecular complexity index is 513. The number of anilines is 1. The first-order valence-corrected chi connectivity index (χ1v) is 6.50. The van der Waals surface area contributed by atoms with E-state index in [1.807, 2.05) is 18.2 Å². The lowest BCUT2D eigenvalue weighted by molar-refractivity contribution is -0.119.